The van der Waals surface area contributed by atoms with Gasteiger partial charge in [0.1, 0.15) is 0 Å². The molecule has 1 aromatic carbocycles. The van der Waals surface area contributed by atoms with Gasteiger partial charge in [0.25, 0.3) is 0 Å². The molecular weight excluding hydrogens is 284 g/mol. The zero-order valence-electron chi connectivity index (χ0n) is 13.7. The van der Waals surface area contributed by atoms with E-state index in [0.717, 1.165) is 24.3 Å². The van der Waals surface area contributed by atoms with Gasteiger partial charge in [-0.15, -0.1) is 11.6 Å². The van der Waals surface area contributed by atoms with Crippen molar-refractivity contribution in [2.24, 2.45) is 5.41 Å². The molecule has 0 aliphatic carbocycles. The number of halogens is 1. The van der Waals surface area contributed by atoms with Crippen LogP contribution in [0.15, 0.2) is 24.3 Å². The molecule has 0 saturated heterocycles. The highest BCUT2D eigenvalue weighted by Gasteiger charge is 2.26. The highest BCUT2D eigenvalue weighted by atomic mass is 35.5. The highest BCUT2D eigenvalue weighted by molar-refractivity contribution is 6.18. The number of hydrogen-bond donors (Lipinski definition) is 0. The van der Waals surface area contributed by atoms with Gasteiger partial charge in [0.2, 0.25) is 0 Å². The summed E-state index contributed by atoms with van der Waals surface area (Å²) in [6.45, 7) is 7.78. The van der Waals surface area contributed by atoms with Gasteiger partial charge >= 0.3 is 0 Å². The minimum Gasteiger partial charge on any atom is -0.490 e. The normalized spacial score (nSPS) is 13.7. The van der Waals surface area contributed by atoms with Gasteiger partial charge in [-0.1, -0.05) is 38.8 Å². The summed E-state index contributed by atoms with van der Waals surface area (Å²) in [4.78, 5) is 0. The van der Waals surface area contributed by atoms with Crippen molar-refractivity contribution in [2.75, 3.05) is 19.1 Å². The van der Waals surface area contributed by atoms with E-state index >= 15 is 0 Å². The summed E-state index contributed by atoms with van der Waals surface area (Å²) in [5.41, 5.74) is 0.206. The first-order valence-corrected chi connectivity index (χ1v) is 8.65. The standard InChI is InChI=1S/C18H29ClO2/c1-4-7-12-18(5-2,15-19)13-14-21-17-11-9-8-10-16(17)20-6-3/h8-11H,4-7,12-15H2,1-3H3. The Bertz CT molecular complexity index is 389. The van der Waals surface area contributed by atoms with Crippen molar-refractivity contribution in [3.05, 3.63) is 24.3 Å². The summed E-state index contributed by atoms with van der Waals surface area (Å²) in [6, 6.07) is 7.85. The lowest BCUT2D eigenvalue weighted by Gasteiger charge is -2.30. The van der Waals surface area contributed by atoms with E-state index in [0.29, 0.717) is 19.1 Å². The van der Waals surface area contributed by atoms with E-state index < -0.39 is 0 Å². The molecule has 0 aliphatic heterocycles. The van der Waals surface area contributed by atoms with Crippen LogP contribution in [0.2, 0.25) is 0 Å². The third kappa shape index (κ3) is 5.78. The molecule has 1 atom stereocenters. The molecule has 120 valence electrons. The van der Waals surface area contributed by atoms with Crippen LogP contribution < -0.4 is 9.47 Å². The summed E-state index contributed by atoms with van der Waals surface area (Å²) in [7, 11) is 0. The summed E-state index contributed by atoms with van der Waals surface area (Å²) >= 11 is 6.24. The molecule has 0 aromatic heterocycles. The van der Waals surface area contributed by atoms with Gasteiger partial charge in [-0.2, -0.15) is 0 Å². The predicted molar refractivity (Wildman–Crippen MR) is 90.7 cm³/mol. The highest BCUT2D eigenvalue weighted by Crippen LogP contribution is 2.35. The lowest BCUT2D eigenvalue weighted by Crippen LogP contribution is -2.25. The molecule has 0 heterocycles. The van der Waals surface area contributed by atoms with Crippen molar-refractivity contribution in [3.8, 4) is 11.5 Å². The van der Waals surface area contributed by atoms with Crippen LogP contribution in [0.4, 0.5) is 0 Å². The van der Waals surface area contributed by atoms with Gasteiger partial charge in [0, 0.05) is 5.88 Å². The van der Waals surface area contributed by atoms with E-state index in [1.54, 1.807) is 0 Å². The summed E-state index contributed by atoms with van der Waals surface area (Å²) < 4.78 is 11.5. The molecule has 0 radical (unpaired) electrons. The SMILES string of the molecule is CCCCC(CC)(CCl)CCOc1ccccc1OCC. The minimum atomic E-state index is 0.206. The topological polar surface area (TPSA) is 18.5 Å². The van der Waals surface area contributed by atoms with Crippen LogP contribution in [0.25, 0.3) is 0 Å². The maximum Gasteiger partial charge on any atom is 0.161 e. The van der Waals surface area contributed by atoms with Crippen LogP contribution >= 0.6 is 11.6 Å². The maximum atomic E-state index is 6.24. The molecule has 1 rings (SSSR count). The van der Waals surface area contributed by atoms with Gasteiger partial charge in [-0.05, 0) is 43.7 Å². The van der Waals surface area contributed by atoms with E-state index in [9.17, 15) is 0 Å². The zero-order chi connectivity index (χ0) is 15.6. The number of para-hydroxylation sites is 2. The molecule has 0 saturated carbocycles. The fraction of sp³-hybridized carbons (Fsp3) is 0.667. The molecular formula is C18H29ClO2. The fourth-order valence-electron chi connectivity index (χ4n) is 2.48. The summed E-state index contributed by atoms with van der Waals surface area (Å²) in [5.74, 6) is 2.36. The van der Waals surface area contributed by atoms with Crippen molar-refractivity contribution < 1.29 is 9.47 Å². The Hall–Kier alpha value is -0.890. The Morgan fingerprint density at radius 2 is 1.67 bits per heavy atom. The number of hydrogen-bond acceptors (Lipinski definition) is 2. The van der Waals surface area contributed by atoms with E-state index in [2.05, 4.69) is 13.8 Å². The molecule has 2 nitrogen and oxygen atoms in total. The Labute approximate surface area is 134 Å². The minimum absolute atomic E-state index is 0.206. The van der Waals surface area contributed by atoms with Crippen molar-refractivity contribution in [3.63, 3.8) is 0 Å². The average molecular weight is 313 g/mol. The Morgan fingerprint density at radius 3 is 2.19 bits per heavy atom. The van der Waals surface area contributed by atoms with Crippen LogP contribution in [0.3, 0.4) is 0 Å². The first-order valence-electron chi connectivity index (χ1n) is 8.12. The smallest absolute Gasteiger partial charge is 0.161 e. The molecule has 0 fully saturated rings. The van der Waals surface area contributed by atoms with Crippen molar-refractivity contribution in [1.82, 2.24) is 0 Å². The second-order valence-electron chi connectivity index (χ2n) is 5.57. The quantitative estimate of drug-likeness (QED) is 0.489. The second kappa shape index (κ2) is 9.94. The van der Waals surface area contributed by atoms with Crippen LogP contribution in [0, 0.1) is 5.41 Å². The second-order valence-corrected chi connectivity index (χ2v) is 5.84. The van der Waals surface area contributed by atoms with Crippen LogP contribution in [0.5, 0.6) is 11.5 Å². The maximum absolute atomic E-state index is 6.24. The van der Waals surface area contributed by atoms with Crippen molar-refractivity contribution in [1.29, 1.82) is 0 Å². The average Bonchev–Trinajstić information content (AvgIpc) is 2.53. The van der Waals surface area contributed by atoms with E-state index in [1.807, 2.05) is 31.2 Å². The van der Waals surface area contributed by atoms with Crippen molar-refractivity contribution >= 4 is 11.6 Å². The van der Waals surface area contributed by atoms with Gasteiger partial charge in [0.15, 0.2) is 11.5 Å². The first-order chi connectivity index (χ1) is 10.2. The molecule has 0 bridgehead atoms. The van der Waals surface area contributed by atoms with Gasteiger partial charge in [0.05, 0.1) is 13.2 Å². The number of rotatable bonds is 11. The Kier molecular flexibility index (Phi) is 8.60. The van der Waals surface area contributed by atoms with Gasteiger partial charge in [-0.3, -0.25) is 0 Å². The molecule has 0 spiro atoms. The summed E-state index contributed by atoms with van der Waals surface area (Å²) in [6.07, 6.45) is 5.73. The first kappa shape index (κ1) is 18.2. The summed E-state index contributed by atoms with van der Waals surface area (Å²) in [5, 5.41) is 0. The molecule has 1 unspecified atom stereocenters. The van der Waals surface area contributed by atoms with Gasteiger partial charge < -0.3 is 9.47 Å². The van der Waals surface area contributed by atoms with E-state index in [-0.39, 0.29) is 5.41 Å². The van der Waals surface area contributed by atoms with Crippen LogP contribution in [-0.2, 0) is 0 Å². The molecule has 21 heavy (non-hydrogen) atoms. The number of benzene rings is 1. The van der Waals surface area contributed by atoms with E-state index in [4.69, 9.17) is 21.1 Å². The Morgan fingerprint density at radius 1 is 1.00 bits per heavy atom. The third-order valence-electron chi connectivity index (χ3n) is 4.13. The number of alkyl halides is 1. The third-order valence-corrected chi connectivity index (χ3v) is 4.70. The number of unbranched alkanes of at least 4 members (excludes halogenated alkanes) is 1. The lowest BCUT2D eigenvalue weighted by molar-refractivity contribution is 0.187. The van der Waals surface area contributed by atoms with Crippen LogP contribution in [0.1, 0.15) is 52.9 Å². The largest absolute Gasteiger partial charge is 0.490 e. The molecule has 3 heteroatoms. The molecule has 0 amide bonds. The predicted octanol–water partition coefficient (Wildman–Crippen LogP) is 5.68. The van der Waals surface area contributed by atoms with Crippen molar-refractivity contribution in [2.45, 2.75) is 52.9 Å². The zero-order valence-corrected chi connectivity index (χ0v) is 14.4. The van der Waals surface area contributed by atoms with Gasteiger partial charge in [-0.25, -0.2) is 0 Å². The molecule has 0 aliphatic rings. The monoisotopic (exact) mass is 312 g/mol. The van der Waals surface area contributed by atoms with Crippen LogP contribution in [-0.4, -0.2) is 19.1 Å². The lowest BCUT2D eigenvalue weighted by atomic mass is 9.79. The Balaban J connectivity index is 2.57. The van der Waals surface area contributed by atoms with E-state index in [1.165, 1.54) is 19.3 Å². The molecule has 1 aromatic rings. The fourth-order valence-corrected chi connectivity index (χ4v) is 2.94. The number of ether oxygens (including phenoxy) is 2. The molecule has 0 N–H and O–H groups in total.